The molecule has 2 aliphatic rings. The summed E-state index contributed by atoms with van der Waals surface area (Å²) in [4.78, 5) is 31.8. The third kappa shape index (κ3) is 9.42. The van der Waals surface area contributed by atoms with Crippen LogP contribution in [-0.2, 0) is 19.1 Å². The predicted octanol–water partition coefficient (Wildman–Crippen LogP) is 7.70. The molecule has 1 N–H and O–H groups in total. The first-order valence-electron chi connectivity index (χ1n) is 19.2. The molecule has 1 aromatic heterocycles. The highest BCUT2D eigenvalue weighted by Gasteiger charge is 2.39. The minimum Gasteiger partial charge on any atom is -0.466 e. The zero-order valence-electron chi connectivity index (χ0n) is 31.4. The van der Waals surface area contributed by atoms with Gasteiger partial charge in [0.25, 0.3) is 0 Å². The average Bonchev–Trinajstić information content (AvgIpc) is 3.67. The van der Waals surface area contributed by atoms with E-state index in [1.54, 1.807) is 13.0 Å². The Morgan fingerprint density at radius 3 is 1.94 bits per heavy atom. The molecule has 0 spiro atoms. The van der Waals surface area contributed by atoms with E-state index in [0.717, 1.165) is 45.4 Å². The number of benzene rings is 3. The van der Waals surface area contributed by atoms with Gasteiger partial charge in [0.2, 0.25) is 0 Å². The van der Waals surface area contributed by atoms with E-state index in [2.05, 4.69) is 86.1 Å². The molecule has 0 amide bonds. The van der Waals surface area contributed by atoms with Gasteiger partial charge in [-0.3, -0.25) is 4.90 Å². The lowest BCUT2D eigenvalue weighted by Crippen LogP contribution is -2.48. The van der Waals surface area contributed by atoms with Crippen molar-refractivity contribution in [1.82, 2.24) is 25.4 Å². The number of ether oxygens (including phenoxy) is 2. The van der Waals surface area contributed by atoms with Crippen molar-refractivity contribution < 1.29 is 23.7 Å². The van der Waals surface area contributed by atoms with Crippen LogP contribution < -0.4 is 5.32 Å². The molecule has 1 saturated heterocycles. The summed E-state index contributed by atoms with van der Waals surface area (Å²) >= 11 is 0. The molecule has 1 fully saturated rings. The second-order valence-corrected chi connectivity index (χ2v) is 14.2. The molecule has 2 aliphatic heterocycles. The molecule has 0 saturated carbocycles. The number of aromatic nitrogens is 2. The number of fused-ring (bicyclic) bond motifs is 1. The number of nitrogens with one attached hydrogen (secondary N) is 1. The standard InChI is InChI=1S/C43H53N5O5/c1-31-37(42(49)51-3)39(35-23-18-24-36-40(35)46-53-45-36)38(32(2)44-31)43(50)52-30-17-9-7-5-4-6-8-16-25-47-26-28-48(29-27-47)41(33-19-12-10-13-20-33)34-21-14-11-15-22-34/h10-15,18-24,39,41,44H,4-9,16-17,25-30H2,1-3H3/t39-/m0/s1. The molecule has 0 unspecified atom stereocenters. The lowest BCUT2D eigenvalue weighted by atomic mass is 9.80. The van der Waals surface area contributed by atoms with Crippen molar-refractivity contribution in [2.24, 2.45) is 0 Å². The monoisotopic (exact) mass is 719 g/mol. The van der Waals surface area contributed by atoms with E-state index >= 15 is 0 Å². The van der Waals surface area contributed by atoms with Crippen LogP contribution in [0.1, 0.15) is 93.9 Å². The fourth-order valence-electron chi connectivity index (χ4n) is 7.89. The number of hydrogen-bond donors (Lipinski definition) is 1. The number of carbonyl (C=O) groups is 2. The van der Waals surface area contributed by atoms with E-state index in [1.165, 1.54) is 56.9 Å². The van der Waals surface area contributed by atoms with E-state index in [0.29, 0.717) is 51.8 Å². The molecule has 0 bridgehead atoms. The zero-order chi connectivity index (χ0) is 37.0. The Balaban J connectivity index is 0.878. The zero-order valence-corrected chi connectivity index (χ0v) is 31.4. The molecule has 3 heterocycles. The molecule has 3 aromatic carbocycles. The van der Waals surface area contributed by atoms with Crippen LogP contribution in [0.3, 0.4) is 0 Å². The highest BCUT2D eigenvalue weighted by molar-refractivity contribution is 6.01. The number of rotatable bonds is 17. The highest BCUT2D eigenvalue weighted by atomic mass is 16.6. The third-order valence-corrected chi connectivity index (χ3v) is 10.6. The summed E-state index contributed by atoms with van der Waals surface area (Å²) in [7, 11) is 1.33. The summed E-state index contributed by atoms with van der Waals surface area (Å²) in [5.74, 6) is -1.72. The molecule has 4 aromatic rings. The topological polar surface area (TPSA) is 110 Å². The average molecular weight is 720 g/mol. The minimum absolute atomic E-state index is 0.308. The van der Waals surface area contributed by atoms with Gasteiger partial charge in [0.15, 0.2) is 0 Å². The first-order chi connectivity index (χ1) is 26.0. The summed E-state index contributed by atoms with van der Waals surface area (Å²) in [5.41, 5.74) is 6.32. The number of nitrogens with zero attached hydrogens (tertiary/aromatic N) is 4. The molecular formula is C43H53N5O5. The Bertz CT molecular complexity index is 1820. The van der Waals surface area contributed by atoms with Gasteiger partial charge in [-0.25, -0.2) is 14.2 Å². The van der Waals surface area contributed by atoms with Gasteiger partial charge in [-0.05, 0) is 66.3 Å². The number of hydrogen-bond acceptors (Lipinski definition) is 10. The minimum atomic E-state index is -0.733. The molecule has 0 radical (unpaired) electrons. The van der Waals surface area contributed by atoms with Gasteiger partial charge in [0, 0.05) is 37.6 Å². The maximum Gasteiger partial charge on any atom is 0.336 e. The Morgan fingerprint density at radius 1 is 0.736 bits per heavy atom. The van der Waals surface area contributed by atoms with Crippen molar-refractivity contribution in [3.05, 3.63) is 118 Å². The van der Waals surface area contributed by atoms with Crippen LogP contribution >= 0.6 is 0 Å². The van der Waals surface area contributed by atoms with Crippen molar-refractivity contribution in [1.29, 1.82) is 0 Å². The first-order valence-corrected chi connectivity index (χ1v) is 19.2. The molecule has 10 heteroatoms. The SMILES string of the molecule is COC(=O)C1=C(C)NC(C)=C(C(=O)OCCCCCCCCCCN2CCN(C(c3ccccc3)c3ccccc3)CC2)[C@H]1c1cccc2nonc12. The lowest BCUT2D eigenvalue weighted by Gasteiger charge is -2.39. The second-order valence-electron chi connectivity index (χ2n) is 14.2. The fourth-order valence-corrected chi connectivity index (χ4v) is 7.89. The number of esters is 2. The van der Waals surface area contributed by atoms with Crippen LogP contribution in [-0.4, -0.2) is 78.5 Å². The van der Waals surface area contributed by atoms with E-state index in [-0.39, 0.29) is 0 Å². The van der Waals surface area contributed by atoms with Gasteiger partial charge < -0.3 is 19.7 Å². The number of unbranched alkanes of at least 4 members (excludes halogenated alkanes) is 7. The highest BCUT2D eigenvalue weighted by Crippen LogP contribution is 2.41. The number of piperazine rings is 1. The van der Waals surface area contributed by atoms with Crippen LogP contribution in [0.25, 0.3) is 11.0 Å². The van der Waals surface area contributed by atoms with Crippen molar-refractivity contribution in [2.75, 3.05) is 46.4 Å². The Labute approximate surface area is 313 Å². The van der Waals surface area contributed by atoms with Crippen LogP contribution in [0, 0.1) is 0 Å². The van der Waals surface area contributed by atoms with Gasteiger partial charge in [0.05, 0.1) is 36.8 Å². The smallest absolute Gasteiger partial charge is 0.336 e. The molecule has 280 valence electrons. The molecule has 53 heavy (non-hydrogen) atoms. The molecule has 1 atom stereocenters. The van der Waals surface area contributed by atoms with Crippen LogP contribution in [0.5, 0.6) is 0 Å². The van der Waals surface area contributed by atoms with Gasteiger partial charge >= 0.3 is 11.9 Å². The molecule has 10 nitrogen and oxygen atoms in total. The second kappa shape index (κ2) is 18.8. The van der Waals surface area contributed by atoms with E-state index in [4.69, 9.17) is 14.1 Å². The summed E-state index contributed by atoms with van der Waals surface area (Å²) in [6, 6.07) is 27.5. The van der Waals surface area contributed by atoms with Gasteiger partial charge in [0.1, 0.15) is 11.0 Å². The molecule has 0 aliphatic carbocycles. The van der Waals surface area contributed by atoms with Crippen LogP contribution in [0.4, 0.5) is 0 Å². The van der Waals surface area contributed by atoms with Crippen molar-refractivity contribution in [3.63, 3.8) is 0 Å². The summed E-state index contributed by atoms with van der Waals surface area (Å²) in [6.45, 7) is 9.51. The van der Waals surface area contributed by atoms with E-state index in [1.807, 2.05) is 19.1 Å². The number of carbonyl (C=O) groups excluding carboxylic acids is 2. The fraction of sp³-hybridized carbons (Fsp3) is 0.442. The number of allylic oxidation sites excluding steroid dienone is 2. The quantitative estimate of drug-likeness (QED) is 0.0861. The van der Waals surface area contributed by atoms with Crippen molar-refractivity contribution in [3.8, 4) is 0 Å². The number of methoxy groups -OCH3 is 1. The summed E-state index contributed by atoms with van der Waals surface area (Å²) in [6.07, 6.45) is 9.08. The first kappa shape index (κ1) is 37.9. The van der Waals surface area contributed by atoms with Gasteiger partial charge in [-0.15, -0.1) is 0 Å². The summed E-state index contributed by atoms with van der Waals surface area (Å²) in [5, 5.41) is 11.2. The van der Waals surface area contributed by atoms with E-state index in [9.17, 15) is 9.59 Å². The Hall–Kier alpha value is -4.80. The summed E-state index contributed by atoms with van der Waals surface area (Å²) < 4.78 is 15.9. The number of dihydropyridines is 1. The molecular weight excluding hydrogens is 667 g/mol. The van der Waals surface area contributed by atoms with Gasteiger partial charge in [-0.1, -0.05) is 111 Å². The van der Waals surface area contributed by atoms with E-state index < -0.39 is 17.9 Å². The third-order valence-electron chi connectivity index (χ3n) is 10.6. The normalized spacial score (nSPS) is 17.0. The predicted molar refractivity (Wildman–Crippen MR) is 206 cm³/mol. The van der Waals surface area contributed by atoms with Gasteiger partial charge in [-0.2, -0.15) is 0 Å². The largest absolute Gasteiger partial charge is 0.466 e. The van der Waals surface area contributed by atoms with Crippen molar-refractivity contribution in [2.45, 2.75) is 77.2 Å². The Kier molecular flexibility index (Phi) is 13.5. The van der Waals surface area contributed by atoms with Crippen molar-refractivity contribution >= 4 is 23.0 Å². The maximum absolute atomic E-state index is 13.6. The Morgan fingerprint density at radius 2 is 1.32 bits per heavy atom. The van der Waals surface area contributed by atoms with Crippen LogP contribution in [0.15, 0.2) is 106 Å². The van der Waals surface area contributed by atoms with Crippen LogP contribution in [0.2, 0.25) is 0 Å². The molecule has 6 rings (SSSR count). The maximum atomic E-state index is 13.6. The lowest BCUT2D eigenvalue weighted by molar-refractivity contribution is -0.139.